The Labute approximate surface area is 170 Å². The fourth-order valence-corrected chi connectivity index (χ4v) is 4.38. The number of likely N-dealkylation sites (N-methyl/N-ethyl adjacent to an activating group) is 1. The molecule has 0 bridgehead atoms. The van der Waals surface area contributed by atoms with E-state index >= 15 is 0 Å². The van der Waals surface area contributed by atoms with Crippen LogP contribution in [0.5, 0.6) is 0 Å². The second-order valence-electron chi connectivity index (χ2n) is 6.32. The largest absolute Gasteiger partial charge is 0.456 e. The molecule has 6 nitrogen and oxygen atoms in total. The van der Waals surface area contributed by atoms with Gasteiger partial charge in [-0.05, 0) is 31.2 Å². The normalized spacial score (nSPS) is 10.8. The van der Waals surface area contributed by atoms with Gasteiger partial charge in [0.15, 0.2) is 12.4 Å². The van der Waals surface area contributed by atoms with Gasteiger partial charge in [0.25, 0.3) is 5.91 Å². The van der Waals surface area contributed by atoms with E-state index in [2.05, 4.69) is 4.98 Å². The van der Waals surface area contributed by atoms with Crippen LogP contribution >= 0.6 is 22.7 Å². The Hall–Kier alpha value is -2.58. The van der Waals surface area contributed by atoms with Gasteiger partial charge in [-0.2, -0.15) is 0 Å². The van der Waals surface area contributed by atoms with Crippen LogP contribution < -0.4 is 0 Å². The van der Waals surface area contributed by atoms with Gasteiger partial charge in [-0.3, -0.25) is 14.4 Å². The second-order valence-corrected chi connectivity index (χ2v) is 8.72. The summed E-state index contributed by atoms with van der Waals surface area (Å²) in [6.45, 7) is 1.94. The molecule has 0 aliphatic heterocycles. The number of carbonyl (C=O) groups excluding carboxylic acids is 3. The van der Waals surface area contributed by atoms with E-state index in [9.17, 15) is 14.4 Å². The van der Waals surface area contributed by atoms with Crippen LogP contribution in [0.25, 0.3) is 10.2 Å². The predicted molar refractivity (Wildman–Crippen MR) is 110 cm³/mol. The van der Waals surface area contributed by atoms with E-state index in [-0.39, 0.29) is 31.1 Å². The van der Waals surface area contributed by atoms with E-state index in [0.717, 1.165) is 20.1 Å². The lowest BCUT2D eigenvalue weighted by Gasteiger charge is -2.15. The molecule has 0 unspecified atom stereocenters. The summed E-state index contributed by atoms with van der Waals surface area (Å²) >= 11 is 2.93. The zero-order valence-corrected chi connectivity index (χ0v) is 17.3. The van der Waals surface area contributed by atoms with Crippen molar-refractivity contribution in [3.05, 3.63) is 51.2 Å². The molecule has 0 N–H and O–H groups in total. The van der Waals surface area contributed by atoms with Gasteiger partial charge in [-0.15, -0.1) is 22.7 Å². The predicted octanol–water partition coefficient (Wildman–Crippen LogP) is 3.83. The summed E-state index contributed by atoms with van der Waals surface area (Å²) in [5.74, 6) is -0.953. The van der Waals surface area contributed by atoms with E-state index in [4.69, 9.17) is 4.74 Å². The quantitative estimate of drug-likeness (QED) is 0.412. The lowest BCUT2D eigenvalue weighted by atomic mass is 10.2. The highest BCUT2D eigenvalue weighted by Gasteiger charge is 2.16. The molecule has 0 aliphatic carbocycles. The topological polar surface area (TPSA) is 76.6 Å². The van der Waals surface area contributed by atoms with Crippen molar-refractivity contribution in [1.29, 1.82) is 0 Å². The second kappa shape index (κ2) is 9.07. The number of para-hydroxylation sites is 1. The smallest absolute Gasteiger partial charge is 0.306 e. The van der Waals surface area contributed by atoms with E-state index < -0.39 is 5.97 Å². The number of Topliss-reactive ketones (excluding diaryl/α,β-unsaturated/α-hetero) is 1. The standard InChI is InChI=1S/C20H20N2O4S2/c1-13-7-9-17(27-13)15(23)8-10-20(25)26-12-19(24)22(2)11-18-21-14-5-3-4-6-16(14)28-18/h3-7,9H,8,10-12H2,1-2H3. The summed E-state index contributed by atoms with van der Waals surface area (Å²) in [6, 6.07) is 11.4. The summed E-state index contributed by atoms with van der Waals surface area (Å²) in [4.78, 5) is 43.7. The van der Waals surface area contributed by atoms with Gasteiger partial charge in [-0.1, -0.05) is 12.1 Å². The summed E-state index contributed by atoms with van der Waals surface area (Å²) in [5, 5.41) is 0.820. The van der Waals surface area contributed by atoms with Crippen molar-refractivity contribution in [3.8, 4) is 0 Å². The third-order valence-electron chi connectivity index (χ3n) is 4.06. The number of fused-ring (bicyclic) bond motifs is 1. The van der Waals surface area contributed by atoms with Gasteiger partial charge in [0.2, 0.25) is 0 Å². The number of aryl methyl sites for hydroxylation is 1. The molecule has 28 heavy (non-hydrogen) atoms. The third kappa shape index (κ3) is 5.24. The summed E-state index contributed by atoms with van der Waals surface area (Å²) in [6.07, 6.45) is 0.0408. The van der Waals surface area contributed by atoms with Crippen molar-refractivity contribution in [2.24, 2.45) is 0 Å². The lowest BCUT2D eigenvalue weighted by Crippen LogP contribution is -2.30. The number of thiazole rings is 1. The van der Waals surface area contributed by atoms with Crippen molar-refractivity contribution < 1.29 is 19.1 Å². The first-order valence-corrected chi connectivity index (χ1v) is 10.4. The van der Waals surface area contributed by atoms with Gasteiger partial charge in [0.1, 0.15) is 5.01 Å². The number of benzene rings is 1. The number of thiophene rings is 1. The Balaban J connectivity index is 1.42. The maximum Gasteiger partial charge on any atom is 0.306 e. The van der Waals surface area contributed by atoms with Gasteiger partial charge in [0.05, 0.1) is 28.1 Å². The maximum absolute atomic E-state index is 12.2. The minimum Gasteiger partial charge on any atom is -0.456 e. The molecule has 2 heterocycles. The van der Waals surface area contributed by atoms with Crippen LogP contribution in [0.1, 0.15) is 32.4 Å². The lowest BCUT2D eigenvalue weighted by molar-refractivity contribution is -0.151. The molecule has 3 aromatic rings. The number of hydrogen-bond acceptors (Lipinski definition) is 7. The summed E-state index contributed by atoms with van der Waals surface area (Å²) in [7, 11) is 1.64. The summed E-state index contributed by atoms with van der Waals surface area (Å²) < 4.78 is 6.08. The average molecular weight is 417 g/mol. The number of carbonyl (C=O) groups is 3. The van der Waals surface area contributed by atoms with Crippen molar-refractivity contribution in [2.45, 2.75) is 26.3 Å². The first-order chi connectivity index (χ1) is 13.4. The number of hydrogen-bond donors (Lipinski definition) is 0. The molecule has 0 saturated carbocycles. The molecule has 0 aliphatic rings. The van der Waals surface area contributed by atoms with Crippen LogP contribution in [0.3, 0.4) is 0 Å². The number of aromatic nitrogens is 1. The molecule has 0 saturated heterocycles. The van der Waals surface area contributed by atoms with E-state index in [0.29, 0.717) is 11.4 Å². The molecule has 0 radical (unpaired) electrons. The fraction of sp³-hybridized carbons (Fsp3) is 0.300. The van der Waals surface area contributed by atoms with E-state index in [1.807, 2.05) is 37.3 Å². The maximum atomic E-state index is 12.2. The minimum atomic E-state index is -0.552. The molecule has 1 amide bonds. The Kier molecular flexibility index (Phi) is 6.53. The van der Waals surface area contributed by atoms with Crippen LogP contribution in [0.15, 0.2) is 36.4 Å². The molecule has 3 rings (SSSR count). The Morgan fingerprint density at radius 1 is 1.07 bits per heavy atom. The number of nitrogens with zero attached hydrogens (tertiary/aromatic N) is 2. The highest BCUT2D eigenvalue weighted by Crippen LogP contribution is 2.22. The van der Waals surface area contributed by atoms with E-state index in [1.54, 1.807) is 13.1 Å². The molecule has 146 valence electrons. The van der Waals surface area contributed by atoms with Crippen LogP contribution in [-0.2, 0) is 20.9 Å². The SMILES string of the molecule is Cc1ccc(C(=O)CCC(=O)OCC(=O)N(C)Cc2nc3ccccc3s2)s1. The molecular weight excluding hydrogens is 396 g/mol. The monoisotopic (exact) mass is 416 g/mol. The number of ether oxygens (including phenoxy) is 1. The molecule has 0 atom stereocenters. The van der Waals surface area contributed by atoms with Gasteiger partial charge in [-0.25, -0.2) is 4.98 Å². The molecule has 8 heteroatoms. The number of esters is 1. The van der Waals surface area contributed by atoms with Crippen molar-refractivity contribution >= 4 is 50.5 Å². The minimum absolute atomic E-state index is 0.0371. The number of ketones is 1. The van der Waals surface area contributed by atoms with Crippen LogP contribution in [0.4, 0.5) is 0 Å². The third-order valence-corrected chi connectivity index (χ3v) is 6.13. The fourth-order valence-electron chi connectivity index (χ4n) is 2.53. The molecule has 2 aromatic heterocycles. The van der Waals surface area contributed by atoms with Crippen LogP contribution in [-0.4, -0.2) is 41.2 Å². The Bertz CT molecular complexity index is 975. The average Bonchev–Trinajstić information content (AvgIpc) is 3.29. The Morgan fingerprint density at radius 3 is 2.57 bits per heavy atom. The molecular formula is C20H20N2O4S2. The molecule has 0 fully saturated rings. The first kappa shape index (κ1) is 20.2. The zero-order chi connectivity index (χ0) is 20.1. The summed E-state index contributed by atoms with van der Waals surface area (Å²) in [5.41, 5.74) is 0.903. The number of rotatable bonds is 8. The van der Waals surface area contributed by atoms with Crippen LogP contribution in [0, 0.1) is 6.92 Å². The highest BCUT2D eigenvalue weighted by atomic mass is 32.1. The first-order valence-electron chi connectivity index (χ1n) is 8.76. The van der Waals surface area contributed by atoms with Crippen molar-refractivity contribution in [1.82, 2.24) is 9.88 Å². The van der Waals surface area contributed by atoms with Gasteiger partial charge < -0.3 is 9.64 Å². The van der Waals surface area contributed by atoms with Gasteiger partial charge in [0, 0.05) is 18.3 Å². The van der Waals surface area contributed by atoms with E-state index in [1.165, 1.54) is 27.6 Å². The Morgan fingerprint density at radius 2 is 1.86 bits per heavy atom. The molecule has 0 spiro atoms. The van der Waals surface area contributed by atoms with Crippen LogP contribution in [0.2, 0.25) is 0 Å². The molecule has 1 aromatic carbocycles. The highest BCUT2D eigenvalue weighted by molar-refractivity contribution is 7.18. The van der Waals surface area contributed by atoms with Crippen molar-refractivity contribution in [2.75, 3.05) is 13.7 Å². The van der Waals surface area contributed by atoms with Gasteiger partial charge >= 0.3 is 5.97 Å². The van der Waals surface area contributed by atoms with Crippen molar-refractivity contribution in [3.63, 3.8) is 0 Å². The zero-order valence-electron chi connectivity index (χ0n) is 15.6. The number of amides is 1.